The van der Waals surface area contributed by atoms with Crippen LogP contribution in [0.15, 0.2) is 12.1 Å². The third-order valence-electron chi connectivity index (χ3n) is 2.84. The molecule has 0 heterocycles. The van der Waals surface area contributed by atoms with E-state index in [1.54, 1.807) is 21.6 Å². The standard InChI is InChI=1S/C17H34BN2O4S2.2C2H6/c1-15(2)18-7-6-9-22-10-8-20-16(21)24-12-11-23-14-25-26-17(3,4)13-19-5;2*1-2/h6-7,15,19H,8-14H2,1-5H3,(H,20,21);2*1-2H3/b7-6+;;. The zero-order valence-corrected chi connectivity index (χ0v) is 22.3. The largest absolute Gasteiger partial charge is 0.447 e. The highest BCUT2D eigenvalue weighted by molar-refractivity contribution is 8.77. The molecule has 0 saturated carbocycles. The van der Waals surface area contributed by atoms with Gasteiger partial charge in [0.1, 0.15) is 19.8 Å². The molecule has 0 fully saturated rings. The predicted octanol–water partition coefficient (Wildman–Crippen LogP) is 5.18. The van der Waals surface area contributed by atoms with Gasteiger partial charge in [-0.05, 0) is 20.9 Å². The van der Waals surface area contributed by atoms with Crippen LogP contribution in [0.3, 0.4) is 0 Å². The molecule has 0 aromatic heterocycles. The summed E-state index contributed by atoms with van der Waals surface area (Å²) < 4.78 is 16.0. The lowest BCUT2D eigenvalue weighted by Crippen LogP contribution is -2.29. The highest BCUT2D eigenvalue weighted by Gasteiger charge is 2.17. The van der Waals surface area contributed by atoms with E-state index in [2.05, 4.69) is 45.6 Å². The summed E-state index contributed by atoms with van der Waals surface area (Å²) in [5.41, 5.74) is 0. The zero-order chi connectivity index (χ0) is 23.7. The molecule has 0 bridgehead atoms. The van der Waals surface area contributed by atoms with Gasteiger partial charge in [0.15, 0.2) is 0 Å². The van der Waals surface area contributed by atoms with Crippen molar-refractivity contribution in [3.05, 3.63) is 12.1 Å². The van der Waals surface area contributed by atoms with Gasteiger partial charge in [0.05, 0.1) is 19.8 Å². The number of alkyl carbamates (subject to hydrolysis) is 1. The van der Waals surface area contributed by atoms with E-state index in [-0.39, 0.29) is 11.4 Å². The van der Waals surface area contributed by atoms with Crippen molar-refractivity contribution in [2.24, 2.45) is 0 Å². The number of carbonyl (C=O) groups excluding carboxylic acids is 1. The fraction of sp³-hybridized carbons (Fsp3) is 0.857. The number of carbonyl (C=O) groups is 1. The van der Waals surface area contributed by atoms with Crippen molar-refractivity contribution in [3.63, 3.8) is 0 Å². The molecule has 0 aliphatic carbocycles. The molecule has 0 unspecified atom stereocenters. The fourth-order valence-electron chi connectivity index (χ4n) is 1.71. The lowest BCUT2D eigenvalue weighted by Gasteiger charge is -2.22. The minimum absolute atomic E-state index is 0.156. The van der Waals surface area contributed by atoms with E-state index in [0.717, 1.165) is 6.54 Å². The second-order valence-corrected chi connectivity index (χ2v) is 9.47. The Balaban J connectivity index is -0.00000171. The normalized spacial score (nSPS) is 10.7. The summed E-state index contributed by atoms with van der Waals surface area (Å²) in [6, 6.07) is 0. The summed E-state index contributed by atoms with van der Waals surface area (Å²) in [6.07, 6.45) is 1.50. The van der Waals surface area contributed by atoms with E-state index in [1.807, 2.05) is 46.8 Å². The van der Waals surface area contributed by atoms with Crippen LogP contribution in [-0.4, -0.2) is 70.6 Å². The summed E-state index contributed by atoms with van der Waals surface area (Å²) in [5, 5.41) is 5.80. The highest BCUT2D eigenvalue weighted by Crippen LogP contribution is 2.34. The lowest BCUT2D eigenvalue weighted by atomic mass is 9.66. The number of hydrogen-bond acceptors (Lipinski definition) is 7. The molecule has 0 atom stereocenters. The molecule has 9 heteroatoms. The van der Waals surface area contributed by atoms with Gasteiger partial charge in [-0.25, -0.2) is 4.79 Å². The average Bonchev–Trinajstić information content (AvgIpc) is 2.72. The van der Waals surface area contributed by atoms with E-state index in [0.29, 0.717) is 38.1 Å². The minimum Gasteiger partial charge on any atom is -0.447 e. The molecule has 0 aromatic rings. The Labute approximate surface area is 195 Å². The summed E-state index contributed by atoms with van der Waals surface area (Å²) in [6.45, 7) is 19.6. The van der Waals surface area contributed by atoms with Gasteiger partial charge in [-0.3, -0.25) is 0 Å². The number of ether oxygens (including phenoxy) is 3. The summed E-state index contributed by atoms with van der Waals surface area (Å²) in [5.74, 6) is 3.10. The van der Waals surface area contributed by atoms with Gasteiger partial charge < -0.3 is 24.8 Å². The van der Waals surface area contributed by atoms with Crippen molar-refractivity contribution in [1.29, 1.82) is 0 Å². The molecule has 0 saturated heterocycles. The van der Waals surface area contributed by atoms with Crippen LogP contribution in [0, 0.1) is 0 Å². The van der Waals surface area contributed by atoms with Crippen LogP contribution in [0.25, 0.3) is 0 Å². The van der Waals surface area contributed by atoms with E-state index in [9.17, 15) is 4.79 Å². The molecule has 1 radical (unpaired) electrons. The maximum absolute atomic E-state index is 11.5. The van der Waals surface area contributed by atoms with Crippen molar-refractivity contribution < 1.29 is 19.0 Å². The molecule has 2 N–H and O–H groups in total. The number of hydrogen-bond donors (Lipinski definition) is 2. The third kappa shape index (κ3) is 29.9. The number of nitrogens with one attached hydrogen (secondary N) is 2. The molecule has 6 nitrogen and oxygen atoms in total. The Kier molecular flexibility index (Phi) is 30.5. The molecule has 0 aliphatic rings. The molecule has 30 heavy (non-hydrogen) atoms. The maximum Gasteiger partial charge on any atom is 0.407 e. The molecule has 0 rings (SSSR count). The molecule has 0 aliphatic heterocycles. The van der Waals surface area contributed by atoms with Gasteiger partial charge in [-0.15, -0.1) is 5.98 Å². The van der Waals surface area contributed by atoms with Gasteiger partial charge in [0.25, 0.3) is 0 Å². The van der Waals surface area contributed by atoms with Crippen molar-refractivity contribution in [3.8, 4) is 0 Å². The Morgan fingerprint density at radius 2 is 1.77 bits per heavy atom. The SMILES string of the molecule is CC.CC.CNCC(C)(C)SSCOCCOC(=O)NCCOC/C=C/[B]C(C)C. The van der Waals surface area contributed by atoms with Gasteiger partial charge in [0, 0.05) is 17.8 Å². The van der Waals surface area contributed by atoms with Crippen molar-refractivity contribution >= 4 is 35.0 Å². The minimum atomic E-state index is -0.446. The first-order valence-electron chi connectivity index (χ1n) is 10.9. The first-order chi connectivity index (χ1) is 14.4. The van der Waals surface area contributed by atoms with Crippen LogP contribution < -0.4 is 10.6 Å². The molecule has 0 aromatic carbocycles. The van der Waals surface area contributed by atoms with E-state index in [4.69, 9.17) is 14.2 Å². The number of rotatable bonds is 16. The molecular weight excluding hydrogens is 419 g/mol. The summed E-state index contributed by atoms with van der Waals surface area (Å²) >= 11 is 0. The Bertz CT molecular complexity index is 388. The van der Waals surface area contributed by atoms with Gasteiger partial charge in [0.2, 0.25) is 0 Å². The molecule has 179 valence electrons. The average molecular weight is 466 g/mol. The van der Waals surface area contributed by atoms with Crippen molar-refractivity contribution in [2.75, 3.05) is 52.5 Å². The van der Waals surface area contributed by atoms with Gasteiger partial charge in [-0.1, -0.05) is 75.0 Å². The second kappa shape index (κ2) is 26.7. The van der Waals surface area contributed by atoms with Gasteiger partial charge >= 0.3 is 6.09 Å². The molecule has 0 spiro atoms. The summed E-state index contributed by atoms with van der Waals surface area (Å²) in [7, 11) is 7.48. The first kappa shape index (κ1) is 34.3. The fourth-order valence-corrected chi connectivity index (χ4v) is 3.95. The first-order valence-corrected chi connectivity index (χ1v) is 13.2. The van der Waals surface area contributed by atoms with Crippen LogP contribution in [0.5, 0.6) is 0 Å². The van der Waals surface area contributed by atoms with Crippen LogP contribution in [0.4, 0.5) is 4.79 Å². The monoisotopic (exact) mass is 465 g/mol. The molecular formula is C21H46BN2O4S2. The van der Waals surface area contributed by atoms with E-state index < -0.39 is 6.09 Å². The topological polar surface area (TPSA) is 68.8 Å². The summed E-state index contributed by atoms with van der Waals surface area (Å²) in [4.78, 5) is 11.5. The smallest absolute Gasteiger partial charge is 0.407 e. The highest BCUT2D eigenvalue weighted by atomic mass is 33.1. The predicted molar refractivity (Wildman–Crippen MR) is 137 cm³/mol. The zero-order valence-electron chi connectivity index (χ0n) is 20.7. The quantitative estimate of drug-likeness (QED) is 0.141. The van der Waals surface area contributed by atoms with E-state index in [1.165, 1.54) is 0 Å². The van der Waals surface area contributed by atoms with E-state index >= 15 is 0 Å². The second-order valence-electron chi connectivity index (χ2n) is 6.52. The van der Waals surface area contributed by atoms with Crippen LogP contribution in [-0.2, 0) is 14.2 Å². The third-order valence-corrected chi connectivity index (χ3v) is 5.81. The van der Waals surface area contributed by atoms with Gasteiger partial charge in [-0.2, -0.15) is 0 Å². The lowest BCUT2D eigenvalue weighted by molar-refractivity contribution is 0.0906. The van der Waals surface area contributed by atoms with Crippen LogP contribution in [0.2, 0.25) is 5.82 Å². The molecule has 1 amide bonds. The number of amides is 1. The van der Waals surface area contributed by atoms with Crippen molar-refractivity contribution in [1.82, 2.24) is 10.6 Å². The van der Waals surface area contributed by atoms with Crippen LogP contribution in [0.1, 0.15) is 55.4 Å². The van der Waals surface area contributed by atoms with Crippen molar-refractivity contribution in [2.45, 2.75) is 66.0 Å². The Morgan fingerprint density at radius 3 is 2.37 bits per heavy atom. The Morgan fingerprint density at radius 1 is 1.10 bits per heavy atom. The Hall–Kier alpha value is -0.345. The maximum atomic E-state index is 11.5. The van der Waals surface area contributed by atoms with Crippen LogP contribution >= 0.6 is 21.6 Å².